The number of hydrogen-bond donors (Lipinski definition) is 1. The number of hydrogen-bond acceptors (Lipinski definition) is 4. The Morgan fingerprint density at radius 3 is 2.73 bits per heavy atom. The smallest absolute Gasteiger partial charge is 0.223 e. The van der Waals surface area contributed by atoms with Crippen molar-refractivity contribution in [1.82, 2.24) is 9.78 Å². The molecule has 0 atom stereocenters. The number of nitrogens with zero attached hydrogens (tertiary/aromatic N) is 4. The van der Waals surface area contributed by atoms with Crippen LogP contribution < -0.4 is 15.0 Å². The van der Waals surface area contributed by atoms with E-state index < -0.39 is 0 Å². The molecule has 0 saturated carbocycles. The van der Waals surface area contributed by atoms with Crippen molar-refractivity contribution >= 4 is 23.4 Å². The molecule has 6 heteroatoms. The summed E-state index contributed by atoms with van der Waals surface area (Å²) in [6, 6.07) is 14.3. The molecule has 2 N–H and O–H groups in total. The van der Waals surface area contributed by atoms with Crippen LogP contribution in [-0.2, 0) is 13.5 Å². The van der Waals surface area contributed by atoms with Crippen LogP contribution >= 0.6 is 0 Å². The fraction of sp³-hybridized carbons (Fsp3) is 0.150. The number of nitrogen functional groups attached to an aromatic ring is 1. The Balaban J connectivity index is 1.79. The Morgan fingerprint density at radius 2 is 2.04 bits per heavy atom. The van der Waals surface area contributed by atoms with Crippen molar-refractivity contribution < 1.29 is 9.30 Å². The molecular weight excluding hydrogens is 326 g/mol. The second-order valence-electron chi connectivity index (χ2n) is 6.14. The molecule has 1 aliphatic rings. The van der Waals surface area contributed by atoms with E-state index in [9.17, 15) is 0 Å². The monoisotopic (exact) mass is 346 g/mol. The summed E-state index contributed by atoms with van der Waals surface area (Å²) in [5.74, 6) is 1.39. The minimum atomic E-state index is 0.552. The summed E-state index contributed by atoms with van der Waals surface area (Å²) in [4.78, 5) is 4.57. The highest BCUT2D eigenvalue weighted by Gasteiger charge is 2.30. The van der Waals surface area contributed by atoms with Gasteiger partial charge in [-0.1, -0.05) is 6.07 Å². The topological polar surface area (TPSA) is 69.3 Å². The fourth-order valence-electron chi connectivity index (χ4n) is 3.14. The zero-order valence-corrected chi connectivity index (χ0v) is 14.8. The number of allylic oxidation sites excluding steroid dienone is 1. The summed E-state index contributed by atoms with van der Waals surface area (Å²) in [7, 11) is 3.47. The van der Waals surface area contributed by atoms with Gasteiger partial charge in [-0.25, -0.2) is 0 Å². The van der Waals surface area contributed by atoms with Gasteiger partial charge in [-0.05, 0) is 24.3 Å². The van der Waals surface area contributed by atoms with Crippen LogP contribution in [0.4, 0.5) is 11.5 Å². The van der Waals surface area contributed by atoms with Crippen LogP contribution in [0.3, 0.4) is 0 Å². The lowest BCUT2D eigenvalue weighted by atomic mass is 10.1. The number of ether oxygens (including phenoxy) is 1. The standard InChI is InChI=1S/C20H20N5O/c1-24-20(21)18(13-23-24)22-12-15-11-16-5-3-4-10-25(16)19(15)14-6-8-17(26-2)9-7-14/h3-10,12-13H,11,21H2,1-2H3/q+1. The van der Waals surface area contributed by atoms with Crippen molar-refractivity contribution in [2.24, 2.45) is 12.0 Å². The normalized spacial score (nSPS) is 13.5. The van der Waals surface area contributed by atoms with Gasteiger partial charge in [0, 0.05) is 31.0 Å². The number of benzene rings is 1. The quantitative estimate of drug-likeness (QED) is 0.583. The van der Waals surface area contributed by atoms with Gasteiger partial charge in [0.15, 0.2) is 11.9 Å². The Labute approximate surface area is 151 Å². The van der Waals surface area contributed by atoms with Crippen LogP contribution in [0.1, 0.15) is 11.3 Å². The summed E-state index contributed by atoms with van der Waals surface area (Å²) < 4.78 is 9.10. The van der Waals surface area contributed by atoms with Crippen LogP contribution in [0.25, 0.3) is 5.70 Å². The molecule has 0 bridgehead atoms. The largest absolute Gasteiger partial charge is 0.497 e. The second kappa shape index (κ2) is 6.48. The maximum Gasteiger partial charge on any atom is 0.223 e. The average Bonchev–Trinajstić information content (AvgIpc) is 3.20. The van der Waals surface area contributed by atoms with E-state index in [1.54, 1.807) is 25.0 Å². The lowest BCUT2D eigenvalue weighted by molar-refractivity contribution is -0.582. The maximum atomic E-state index is 6.00. The molecule has 0 spiro atoms. The minimum absolute atomic E-state index is 0.552. The molecule has 1 aliphatic heterocycles. The Hall–Kier alpha value is -3.41. The van der Waals surface area contributed by atoms with Crippen molar-refractivity contribution in [2.45, 2.75) is 6.42 Å². The number of pyridine rings is 1. The first-order valence-electron chi connectivity index (χ1n) is 8.36. The molecule has 26 heavy (non-hydrogen) atoms. The van der Waals surface area contributed by atoms with Gasteiger partial charge in [0.2, 0.25) is 5.70 Å². The van der Waals surface area contributed by atoms with Crippen LogP contribution in [0, 0.1) is 0 Å². The first-order valence-corrected chi connectivity index (χ1v) is 8.36. The molecule has 1 aromatic carbocycles. The average molecular weight is 346 g/mol. The third kappa shape index (κ3) is 2.75. The summed E-state index contributed by atoms with van der Waals surface area (Å²) in [6.07, 6.45) is 6.45. The molecule has 0 amide bonds. The van der Waals surface area contributed by atoms with Crippen LogP contribution in [0.15, 0.2) is 65.4 Å². The molecule has 4 rings (SSSR count). The number of nitrogens with two attached hydrogens (primary N) is 1. The lowest BCUT2D eigenvalue weighted by Gasteiger charge is -2.03. The second-order valence-corrected chi connectivity index (χ2v) is 6.14. The van der Waals surface area contributed by atoms with E-state index in [4.69, 9.17) is 10.5 Å². The van der Waals surface area contributed by atoms with Crippen molar-refractivity contribution in [1.29, 1.82) is 0 Å². The first-order chi connectivity index (χ1) is 12.7. The molecule has 0 radical (unpaired) electrons. The van der Waals surface area contributed by atoms with Crippen molar-refractivity contribution in [3.63, 3.8) is 0 Å². The molecule has 0 unspecified atom stereocenters. The van der Waals surface area contributed by atoms with E-state index in [0.717, 1.165) is 29.0 Å². The maximum absolute atomic E-state index is 6.00. The highest BCUT2D eigenvalue weighted by Crippen LogP contribution is 2.27. The van der Waals surface area contributed by atoms with Gasteiger partial charge in [-0.2, -0.15) is 9.67 Å². The van der Waals surface area contributed by atoms with Gasteiger partial charge in [0.05, 0.1) is 25.3 Å². The summed E-state index contributed by atoms with van der Waals surface area (Å²) in [5.41, 5.74) is 11.3. The predicted molar refractivity (Wildman–Crippen MR) is 101 cm³/mol. The van der Waals surface area contributed by atoms with Gasteiger partial charge in [-0.15, -0.1) is 0 Å². The van der Waals surface area contributed by atoms with E-state index >= 15 is 0 Å². The molecule has 0 saturated heterocycles. The number of aryl methyl sites for hydroxylation is 1. The molecule has 0 fully saturated rings. The van der Waals surface area contributed by atoms with Crippen LogP contribution in [-0.4, -0.2) is 23.1 Å². The summed E-state index contributed by atoms with van der Waals surface area (Å²) in [5, 5.41) is 4.14. The van der Waals surface area contributed by atoms with E-state index in [-0.39, 0.29) is 0 Å². The van der Waals surface area contributed by atoms with Gasteiger partial charge >= 0.3 is 0 Å². The minimum Gasteiger partial charge on any atom is -0.497 e. The SMILES string of the molecule is COc1ccc(C2=C(C=Nc3cnn(C)c3N)Cc3cccc[n+]32)cc1. The third-order valence-electron chi connectivity index (χ3n) is 4.55. The molecule has 6 nitrogen and oxygen atoms in total. The third-order valence-corrected chi connectivity index (χ3v) is 4.55. The first kappa shape index (κ1) is 16.1. The molecule has 2 aromatic heterocycles. The zero-order chi connectivity index (χ0) is 18.1. The fourth-order valence-corrected chi connectivity index (χ4v) is 3.14. The van der Waals surface area contributed by atoms with Gasteiger partial charge in [0.1, 0.15) is 17.3 Å². The molecule has 3 heterocycles. The number of rotatable bonds is 4. The van der Waals surface area contributed by atoms with Crippen molar-refractivity contribution in [3.8, 4) is 5.75 Å². The predicted octanol–water partition coefficient (Wildman–Crippen LogP) is 2.52. The van der Waals surface area contributed by atoms with E-state index in [0.29, 0.717) is 11.5 Å². The summed E-state index contributed by atoms with van der Waals surface area (Å²) in [6.45, 7) is 0. The van der Waals surface area contributed by atoms with Crippen LogP contribution in [0.2, 0.25) is 0 Å². The van der Waals surface area contributed by atoms with E-state index in [2.05, 4.69) is 45.1 Å². The number of fused-ring (bicyclic) bond motifs is 1. The molecule has 0 aliphatic carbocycles. The van der Waals surface area contributed by atoms with Crippen LogP contribution in [0.5, 0.6) is 5.75 Å². The number of aromatic nitrogens is 3. The van der Waals surface area contributed by atoms with Crippen molar-refractivity contribution in [3.05, 3.63) is 71.7 Å². The number of anilines is 1. The molecule has 3 aromatic rings. The number of methoxy groups -OCH3 is 1. The van der Waals surface area contributed by atoms with Gasteiger partial charge in [-0.3, -0.25) is 9.67 Å². The Bertz CT molecular complexity index is 1010. The van der Waals surface area contributed by atoms with E-state index in [1.807, 2.05) is 24.4 Å². The lowest BCUT2D eigenvalue weighted by Crippen LogP contribution is -2.33. The molecular formula is C20H20N5O+. The highest BCUT2D eigenvalue weighted by atomic mass is 16.5. The van der Waals surface area contributed by atoms with Gasteiger partial charge in [0.25, 0.3) is 0 Å². The summed E-state index contributed by atoms with van der Waals surface area (Å²) >= 11 is 0. The van der Waals surface area contributed by atoms with E-state index in [1.165, 1.54) is 5.69 Å². The zero-order valence-electron chi connectivity index (χ0n) is 14.8. The van der Waals surface area contributed by atoms with Gasteiger partial charge < -0.3 is 10.5 Å². The highest BCUT2D eigenvalue weighted by molar-refractivity contribution is 5.92. The number of aliphatic imine (C=N–C) groups is 1. The van der Waals surface area contributed by atoms with Crippen molar-refractivity contribution in [2.75, 3.05) is 12.8 Å². The Kier molecular flexibility index (Phi) is 4.01. The molecule has 130 valence electrons. The Morgan fingerprint density at radius 1 is 1.23 bits per heavy atom.